The standard InChI is InChI=1S/C16H15ClFN3O2Se/c1-16(2)6-11(13(22)21-16)20-14(23)12-7-19-15(24-12)8-3-9(17)5-10(18)4-8/h3-5,7,11H,6H2,1-2H3,(H,20,23)(H,21,22). The van der Waals surface area contributed by atoms with Crippen molar-refractivity contribution in [3.8, 4) is 10.1 Å². The molecule has 1 aromatic carbocycles. The summed E-state index contributed by atoms with van der Waals surface area (Å²) in [5.41, 5.74) is 0.239. The van der Waals surface area contributed by atoms with Crippen LogP contribution in [-0.4, -0.2) is 42.9 Å². The van der Waals surface area contributed by atoms with E-state index in [1.54, 1.807) is 6.07 Å². The van der Waals surface area contributed by atoms with Gasteiger partial charge in [0.15, 0.2) is 0 Å². The van der Waals surface area contributed by atoms with Crippen LogP contribution in [-0.2, 0) is 4.79 Å². The van der Waals surface area contributed by atoms with Crippen LogP contribution in [0.15, 0.2) is 24.4 Å². The second-order valence-corrected chi connectivity index (χ2v) is 8.89. The first-order valence-corrected chi connectivity index (χ1v) is 9.38. The predicted octanol–water partition coefficient (Wildman–Crippen LogP) is 1.99. The summed E-state index contributed by atoms with van der Waals surface area (Å²) in [4.78, 5) is 28.4. The molecule has 2 N–H and O–H groups in total. The van der Waals surface area contributed by atoms with Gasteiger partial charge in [0, 0.05) is 0 Å². The molecule has 0 radical (unpaired) electrons. The molecule has 0 saturated carbocycles. The van der Waals surface area contributed by atoms with Crippen LogP contribution in [0.4, 0.5) is 4.39 Å². The van der Waals surface area contributed by atoms with Gasteiger partial charge in [-0.3, -0.25) is 0 Å². The number of carbonyl (C=O) groups is 2. The zero-order valence-corrected chi connectivity index (χ0v) is 15.5. The number of carbonyl (C=O) groups excluding carboxylic acids is 2. The number of nitrogens with one attached hydrogen (secondary N) is 2. The number of halogens is 2. The van der Waals surface area contributed by atoms with Crippen molar-refractivity contribution in [3.63, 3.8) is 0 Å². The van der Waals surface area contributed by atoms with Crippen molar-refractivity contribution < 1.29 is 14.0 Å². The van der Waals surface area contributed by atoms with Gasteiger partial charge in [0.2, 0.25) is 0 Å². The van der Waals surface area contributed by atoms with Gasteiger partial charge in [0.05, 0.1) is 0 Å². The minimum absolute atomic E-state index is 0.183. The Morgan fingerprint density at radius 2 is 2.21 bits per heavy atom. The topological polar surface area (TPSA) is 71.1 Å². The summed E-state index contributed by atoms with van der Waals surface area (Å²) >= 11 is 5.49. The third-order valence-corrected chi connectivity index (χ3v) is 6.05. The molecule has 24 heavy (non-hydrogen) atoms. The molecule has 3 rings (SSSR count). The van der Waals surface area contributed by atoms with Crippen molar-refractivity contribution in [2.45, 2.75) is 31.8 Å². The Morgan fingerprint density at radius 3 is 2.83 bits per heavy atom. The molecule has 1 saturated heterocycles. The van der Waals surface area contributed by atoms with Crippen LogP contribution < -0.4 is 10.6 Å². The van der Waals surface area contributed by atoms with Crippen LogP contribution in [0.25, 0.3) is 10.1 Å². The third kappa shape index (κ3) is 3.69. The SMILES string of the molecule is CC1(C)CC(NC(=O)c2cnc(-c3cc(F)cc(Cl)c3)[se]2)C(=O)N1. The molecule has 0 spiro atoms. The molecule has 1 unspecified atom stereocenters. The fourth-order valence-corrected chi connectivity index (χ4v) is 4.52. The molecular weight excluding hydrogens is 400 g/mol. The van der Waals surface area contributed by atoms with Gasteiger partial charge in [-0.15, -0.1) is 0 Å². The number of nitrogens with zero attached hydrogens (tertiary/aromatic N) is 1. The summed E-state index contributed by atoms with van der Waals surface area (Å²) in [6, 6.07) is 3.63. The van der Waals surface area contributed by atoms with Crippen molar-refractivity contribution in [1.29, 1.82) is 0 Å². The first kappa shape index (κ1) is 17.1. The van der Waals surface area contributed by atoms with Crippen molar-refractivity contribution in [2.24, 2.45) is 0 Å². The van der Waals surface area contributed by atoms with Gasteiger partial charge in [0.25, 0.3) is 0 Å². The van der Waals surface area contributed by atoms with Crippen LogP contribution in [0.5, 0.6) is 0 Å². The van der Waals surface area contributed by atoms with E-state index in [1.165, 1.54) is 18.3 Å². The molecule has 1 fully saturated rings. The average molecular weight is 415 g/mol. The average Bonchev–Trinajstić information content (AvgIpc) is 3.03. The van der Waals surface area contributed by atoms with Crippen molar-refractivity contribution in [3.05, 3.63) is 39.7 Å². The number of amides is 2. The molecule has 126 valence electrons. The monoisotopic (exact) mass is 415 g/mol. The zero-order chi connectivity index (χ0) is 17.5. The summed E-state index contributed by atoms with van der Waals surface area (Å²) in [6.07, 6.45) is 2.01. The number of benzene rings is 1. The zero-order valence-electron chi connectivity index (χ0n) is 13.0. The van der Waals surface area contributed by atoms with Gasteiger partial charge in [-0.25, -0.2) is 0 Å². The van der Waals surface area contributed by atoms with Crippen LogP contribution in [0.2, 0.25) is 5.02 Å². The molecule has 2 heterocycles. The Bertz CT molecular complexity index is 801. The van der Waals surface area contributed by atoms with E-state index < -0.39 is 11.9 Å². The fraction of sp³-hybridized carbons (Fsp3) is 0.312. The number of aromatic nitrogens is 1. The first-order chi connectivity index (χ1) is 11.2. The second kappa shape index (κ2) is 6.31. The Kier molecular flexibility index (Phi) is 4.51. The quantitative estimate of drug-likeness (QED) is 0.755. The van der Waals surface area contributed by atoms with E-state index in [0.29, 0.717) is 21.0 Å². The predicted molar refractivity (Wildman–Crippen MR) is 89.7 cm³/mol. The van der Waals surface area contributed by atoms with E-state index in [-0.39, 0.29) is 36.9 Å². The molecule has 8 heteroatoms. The second-order valence-electron chi connectivity index (χ2n) is 6.29. The van der Waals surface area contributed by atoms with E-state index in [0.717, 1.165) is 0 Å². The molecule has 0 aliphatic carbocycles. The number of rotatable bonds is 3. The molecule has 1 atom stereocenters. The van der Waals surface area contributed by atoms with E-state index >= 15 is 0 Å². The van der Waals surface area contributed by atoms with Crippen LogP contribution in [0, 0.1) is 5.82 Å². The molecule has 2 aromatic rings. The van der Waals surface area contributed by atoms with Gasteiger partial charge in [-0.1, -0.05) is 0 Å². The Labute approximate surface area is 149 Å². The molecular formula is C16H15ClFN3O2Se. The number of hydrogen-bond acceptors (Lipinski definition) is 3. The van der Waals surface area contributed by atoms with Gasteiger partial charge < -0.3 is 0 Å². The van der Waals surface area contributed by atoms with Gasteiger partial charge in [-0.05, 0) is 0 Å². The molecule has 5 nitrogen and oxygen atoms in total. The normalized spacial score (nSPS) is 19.2. The van der Waals surface area contributed by atoms with Crippen LogP contribution in [0.3, 0.4) is 0 Å². The number of hydrogen-bond donors (Lipinski definition) is 2. The van der Waals surface area contributed by atoms with Gasteiger partial charge in [-0.2, -0.15) is 0 Å². The Hall–Kier alpha value is -1.69. The van der Waals surface area contributed by atoms with Crippen molar-refractivity contribution >= 4 is 37.9 Å². The summed E-state index contributed by atoms with van der Waals surface area (Å²) in [6.45, 7) is 3.81. The first-order valence-electron chi connectivity index (χ1n) is 7.29. The molecule has 1 aromatic heterocycles. The summed E-state index contributed by atoms with van der Waals surface area (Å²) < 4.78 is 14.6. The molecule has 1 aliphatic rings. The minimum atomic E-state index is -0.545. The molecule has 0 bridgehead atoms. The summed E-state index contributed by atoms with van der Waals surface area (Å²) in [7, 11) is 0. The van der Waals surface area contributed by atoms with Crippen LogP contribution in [0.1, 0.15) is 29.5 Å². The summed E-state index contributed by atoms with van der Waals surface area (Å²) in [5.74, 6) is -0.939. The Balaban J connectivity index is 1.76. The van der Waals surface area contributed by atoms with E-state index in [1.807, 2.05) is 13.8 Å². The fourth-order valence-electron chi connectivity index (χ4n) is 2.61. The van der Waals surface area contributed by atoms with Gasteiger partial charge >= 0.3 is 149 Å². The van der Waals surface area contributed by atoms with Crippen molar-refractivity contribution in [1.82, 2.24) is 15.6 Å². The molecule has 2 amide bonds. The molecule has 1 aliphatic heterocycles. The van der Waals surface area contributed by atoms with Crippen LogP contribution >= 0.6 is 11.6 Å². The third-order valence-electron chi connectivity index (χ3n) is 3.64. The summed E-state index contributed by atoms with van der Waals surface area (Å²) in [5, 5.41) is 5.86. The maximum atomic E-state index is 13.5. The Morgan fingerprint density at radius 1 is 1.46 bits per heavy atom. The van der Waals surface area contributed by atoms with Crippen molar-refractivity contribution in [2.75, 3.05) is 0 Å². The van der Waals surface area contributed by atoms with Gasteiger partial charge in [0.1, 0.15) is 0 Å². The van der Waals surface area contributed by atoms with E-state index in [2.05, 4.69) is 15.6 Å². The maximum absolute atomic E-state index is 13.5. The van der Waals surface area contributed by atoms with E-state index in [4.69, 9.17) is 11.6 Å². The van der Waals surface area contributed by atoms with E-state index in [9.17, 15) is 14.0 Å².